The van der Waals surface area contributed by atoms with Crippen LogP contribution in [0.1, 0.15) is 12.8 Å². The fraction of sp³-hybridized carbons (Fsp3) is 0.444. The van der Waals surface area contributed by atoms with E-state index in [1.165, 1.54) is 6.07 Å². The standard InChI is InChI=1S/C9H9FN2O2S/c10-6-3-7-8(11-4-6)14-9(1-2-9)5-12-15(7)13/h3-4,12H,1-2,5H2. The Kier molecular flexibility index (Phi) is 1.84. The minimum absolute atomic E-state index is 0.258. The van der Waals surface area contributed by atoms with Crippen molar-refractivity contribution in [2.45, 2.75) is 23.3 Å². The Morgan fingerprint density at radius 3 is 3.13 bits per heavy atom. The fourth-order valence-electron chi connectivity index (χ4n) is 1.55. The molecule has 1 aliphatic carbocycles. The molecule has 1 aliphatic heterocycles. The van der Waals surface area contributed by atoms with E-state index in [0.717, 1.165) is 19.0 Å². The summed E-state index contributed by atoms with van der Waals surface area (Å²) >= 11 is 0. The lowest BCUT2D eigenvalue weighted by Crippen LogP contribution is -2.31. The molecule has 0 amide bonds. The van der Waals surface area contributed by atoms with Crippen molar-refractivity contribution in [1.29, 1.82) is 0 Å². The number of rotatable bonds is 0. The summed E-state index contributed by atoms with van der Waals surface area (Å²) in [7, 11) is -1.43. The molecule has 4 nitrogen and oxygen atoms in total. The number of pyridine rings is 1. The zero-order valence-corrected chi connectivity index (χ0v) is 8.64. The zero-order chi connectivity index (χ0) is 10.5. The minimum Gasteiger partial charge on any atom is -0.469 e. The van der Waals surface area contributed by atoms with Gasteiger partial charge in [-0.05, 0) is 18.9 Å². The van der Waals surface area contributed by atoms with Crippen LogP contribution in [0.2, 0.25) is 0 Å². The third-order valence-corrected chi connectivity index (χ3v) is 3.73. The summed E-state index contributed by atoms with van der Waals surface area (Å²) in [6.07, 6.45) is 2.93. The highest BCUT2D eigenvalue weighted by Gasteiger charge is 2.48. The van der Waals surface area contributed by atoms with Crippen molar-refractivity contribution < 1.29 is 13.3 Å². The van der Waals surface area contributed by atoms with Gasteiger partial charge >= 0.3 is 0 Å². The van der Waals surface area contributed by atoms with Crippen LogP contribution in [0.5, 0.6) is 5.88 Å². The van der Waals surface area contributed by atoms with Gasteiger partial charge in [0.15, 0.2) is 0 Å². The van der Waals surface area contributed by atoms with Gasteiger partial charge in [-0.15, -0.1) is 0 Å². The fourth-order valence-corrected chi connectivity index (χ4v) is 2.57. The van der Waals surface area contributed by atoms with Gasteiger partial charge in [0, 0.05) is 6.54 Å². The first-order chi connectivity index (χ1) is 7.19. The van der Waals surface area contributed by atoms with Crippen molar-refractivity contribution in [2.24, 2.45) is 0 Å². The first-order valence-electron chi connectivity index (χ1n) is 4.68. The minimum atomic E-state index is -1.43. The molecule has 1 fully saturated rings. The molecule has 1 N–H and O–H groups in total. The molecule has 15 heavy (non-hydrogen) atoms. The molecule has 1 saturated carbocycles. The third kappa shape index (κ3) is 1.53. The summed E-state index contributed by atoms with van der Waals surface area (Å²) in [6.45, 7) is 0.525. The molecular formula is C9H9FN2O2S. The van der Waals surface area contributed by atoms with Crippen LogP contribution in [0, 0.1) is 5.82 Å². The number of hydrogen-bond acceptors (Lipinski definition) is 3. The molecular weight excluding hydrogens is 219 g/mol. The lowest BCUT2D eigenvalue weighted by molar-refractivity contribution is 0.173. The Balaban J connectivity index is 2.08. The summed E-state index contributed by atoms with van der Waals surface area (Å²) in [4.78, 5) is 4.13. The molecule has 3 rings (SSSR count). The zero-order valence-electron chi connectivity index (χ0n) is 7.83. The quantitative estimate of drug-likeness (QED) is 0.713. The van der Waals surface area contributed by atoms with E-state index in [2.05, 4.69) is 9.71 Å². The molecule has 0 bridgehead atoms. The van der Waals surface area contributed by atoms with Crippen LogP contribution in [-0.4, -0.2) is 21.3 Å². The molecule has 1 unspecified atom stereocenters. The predicted octanol–water partition coefficient (Wildman–Crippen LogP) is 0.758. The number of fused-ring (bicyclic) bond motifs is 1. The van der Waals surface area contributed by atoms with Gasteiger partial charge in [0.2, 0.25) is 5.88 Å². The Morgan fingerprint density at radius 1 is 1.60 bits per heavy atom. The largest absolute Gasteiger partial charge is 0.469 e. The monoisotopic (exact) mass is 228 g/mol. The SMILES string of the molecule is O=S1NCC2(CC2)Oc2ncc(F)cc21. The summed E-state index contributed by atoms with van der Waals surface area (Å²) in [5, 5.41) is 0. The number of halogens is 1. The average molecular weight is 228 g/mol. The predicted molar refractivity (Wildman–Crippen MR) is 51.2 cm³/mol. The van der Waals surface area contributed by atoms with Gasteiger partial charge in [-0.2, -0.15) is 0 Å². The topological polar surface area (TPSA) is 51.2 Å². The van der Waals surface area contributed by atoms with Gasteiger partial charge in [-0.3, -0.25) is 0 Å². The van der Waals surface area contributed by atoms with E-state index >= 15 is 0 Å². The number of ether oxygens (including phenoxy) is 1. The van der Waals surface area contributed by atoms with Gasteiger partial charge < -0.3 is 4.74 Å². The van der Waals surface area contributed by atoms with Crippen LogP contribution in [0.4, 0.5) is 4.39 Å². The molecule has 1 atom stereocenters. The van der Waals surface area contributed by atoms with Crippen LogP contribution < -0.4 is 9.46 Å². The van der Waals surface area contributed by atoms with Gasteiger partial charge in [0.1, 0.15) is 27.3 Å². The maximum Gasteiger partial charge on any atom is 0.232 e. The number of nitrogens with zero attached hydrogens (tertiary/aromatic N) is 1. The lowest BCUT2D eigenvalue weighted by atomic mass is 10.3. The highest BCUT2D eigenvalue weighted by Crippen LogP contribution is 2.42. The molecule has 2 aliphatic rings. The van der Waals surface area contributed by atoms with E-state index in [9.17, 15) is 8.60 Å². The molecule has 80 valence electrons. The first kappa shape index (κ1) is 9.23. The van der Waals surface area contributed by atoms with Crippen LogP contribution in [-0.2, 0) is 11.0 Å². The van der Waals surface area contributed by atoms with Crippen molar-refractivity contribution in [1.82, 2.24) is 9.71 Å². The second-order valence-electron chi connectivity index (χ2n) is 3.83. The summed E-state index contributed by atoms with van der Waals surface area (Å²) in [5.74, 6) is -0.212. The lowest BCUT2D eigenvalue weighted by Gasteiger charge is -2.12. The number of aromatic nitrogens is 1. The van der Waals surface area contributed by atoms with Gasteiger partial charge in [0.25, 0.3) is 0 Å². The van der Waals surface area contributed by atoms with E-state index in [1.54, 1.807) is 0 Å². The molecule has 0 radical (unpaired) electrons. The summed E-state index contributed by atoms with van der Waals surface area (Å²) < 4.78 is 33.1. The maximum atomic E-state index is 12.9. The summed E-state index contributed by atoms with van der Waals surface area (Å²) in [5.41, 5.74) is -0.258. The van der Waals surface area contributed by atoms with E-state index in [1.807, 2.05) is 0 Å². The average Bonchev–Trinajstić information content (AvgIpc) is 2.99. The highest BCUT2D eigenvalue weighted by molar-refractivity contribution is 7.83. The van der Waals surface area contributed by atoms with Crippen molar-refractivity contribution in [3.8, 4) is 5.88 Å². The van der Waals surface area contributed by atoms with Gasteiger partial charge in [-0.25, -0.2) is 18.3 Å². The van der Waals surface area contributed by atoms with Crippen LogP contribution in [0.3, 0.4) is 0 Å². The maximum absolute atomic E-state index is 12.9. The van der Waals surface area contributed by atoms with Crippen LogP contribution >= 0.6 is 0 Å². The molecule has 1 aromatic rings. The summed E-state index contributed by atoms with van der Waals surface area (Å²) in [6, 6.07) is 1.20. The van der Waals surface area contributed by atoms with Crippen molar-refractivity contribution in [3.05, 3.63) is 18.1 Å². The molecule has 1 spiro atoms. The highest BCUT2D eigenvalue weighted by atomic mass is 32.2. The smallest absolute Gasteiger partial charge is 0.232 e. The van der Waals surface area contributed by atoms with Crippen LogP contribution in [0.25, 0.3) is 0 Å². The van der Waals surface area contributed by atoms with Gasteiger partial charge in [0.05, 0.1) is 6.20 Å². The van der Waals surface area contributed by atoms with Gasteiger partial charge in [-0.1, -0.05) is 0 Å². The molecule has 0 saturated heterocycles. The number of nitrogens with one attached hydrogen (secondary N) is 1. The van der Waals surface area contributed by atoms with Crippen molar-refractivity contribution in [3.63, 3.8) is 0 Å². The van der Waals surface area contributed by atoms with E-state index < -0.39 is 16.8 Å². The van der Waals surface area contributed by atoms with Crippen molar-refractivity contribution >= 4 is 11.0 Å². The van der Waals surface area contributed by atoms with E-state index in [0.29, 0.717) is 11.4 Å². The molecule has 2 heterocycles. The van der Waals surface area contributed by atoms with E-state index in [-0.39, 0.29) is 11.5 Å². The normalized spacial score (nSPS) is 26.6. The number of hydrogen-bond donors (Lipinski definition) is 1. The molecule has 6 heteroatoms. The van der Waals surface area contributed by atoms with Crippen molar-refractivity contribution in [2.75, 3.05) is 6.54 Å². The Bertz CT molecular complexity index is 448. The second-order valence-corrected chi connectivity index (χ2v) is 5.10. The van der Waals surface area contributed by atoms with E-state index in [4.69, 9.17) is 4.74 Å². The third-order valence-electron chi connectivity index (χ3n) is 2.63. The Morgan fingerprint density at radius 2 is 2.40 bits per heavy atom. The first-order valence-corrected chi connectivity index (χ1v) is 5.83. The Hall–Kier alpha value is -1.01. The van der Waals surface area contributed by atoms with Crippen LogP contribution in [0.15, 0.2) is 17.2 Å². The second kappa shape index (κ2) is 2.99. The Labute approximate surface area is 88.4 Å². The molecule has 0 aromatic carbocycles. The molecule has 1 aromatic heterocycles.